The van der Waals surface area contributed by atoms with E-state index < -0.39 is 0 Å². The van der Waals surface area contributed by atoms with Crippen LogP contribution in [0.5, 0.6) is 0 Å². The van der Waals surface area contributed by atoms with E-state index in [2.05, 4.69) is 77.8 Å². The van der Waals surface area contributed by atoms with Gasteiger partial charge in [-0.05, 0) is 81.5 Å². The second-order valence-electron chi connectivity index (χ2n) is 11.8. The Morgan fingerprint density at radius 1 is 0.848 bits per heavy atom. The summed E-state index contributed by atoms with van der Waals surface area (Å²) in [6.07, 6.45) is 2.25. The van der Waals surface area contributed by atoms with E-state index >= 15 is 0 Å². The highest BCUT2D eigenvalue weighted by atomic mass is 16.7. The summed E-state index contributed by atoms with van der Waals surface area (Å²) in [5, 5.41) is 2.16. The van der Waals surface area contributed by atoms with Crippen molar-refractivity contribution in [1.29, 1.82) is 0 Å². The van der Waals surface area contributed by atoms with Crippen molar-refractivity contribution in [2.24, 2.45) is 11.3 Å². The summed E-state index contributed by atoms with van der Waals surface area (Å²) < 4.78 is 6.08. The quantitative estimate of drug-likeness (QED) is 0.479. The molecule has 0 saturated heterocycles. The number of rotatable bonds is 4. The molecule has 178 valence electrons. The predicted octanol–water partition coefficient (Wildman–Crippen LogP) is 6.84. The smallest absolute Gasteiger partial charge is 0.338 e. The molecular formula is C29H39NO3. The van der Waals surface area contributed by atoms with Gasteiger partial charge in [-0.2, -0.15) is 5.06 Å². The molecule has 0 N–H and O–H groups in total. The lowest BCUT2D eigenvalue weighted by molar-refractivity contribution is -0.309. The monoisotopic (exact) mass is 449 g/mol. The van der Waals surface area contributed by atoms with E-state index in [0.29, 0.717) is 11.5 Å². The van der Waals surface area contributed by atoms with Crippen LogP contribution in [-0.2, 0) is 20.7 Å². The van der Waals surface area contributed by atoms with E-state index in [4.69, 9.17) is 9.57 Å². The molecule has 4 rings (SSSR count). The first-order valence-electron chi connectivity index (χ1n) is 12.3. The second kappa shape index (κ2) is 8.56. The third-order valence-corrected chi connectivity index (χ3v) is 7.73. The van der Waals surface area contributed by atoms with Crippen LogP contribution in [0.4, 0.5) is 0 Å². The Bertz CT molecular complexity index is 954. The number of nitrogens with zero attached hydrogens (tertiary/aromatic N) is 1. The van der Waals surface area contributed by atoms with Gasteiger partial charge in [-0.3, -0.25) is 4.84 Å². The van der Waals surface area contributed by atoms with Crippen molar-refractivity contribution in [3.05, 3.63) is 71.3 Å². The topological polar surface area (TPSA) is 38.8 Å². The predicted molar refractivity (Wildman–Crippen MR) is 132 cm³/mol. The summed E-state index contributed by atoms with van der Waals surface area (Å²) in [7, 11) is 0. The van der Waals surface area contributed by atoms with Gasteiger partial charge in [0, 0.05) is 0 Å². The van der Waals surface area contributed by atoms with Gasteiger partial charge in [0.15, 0.2) is 0 Å². The molecular weight excluding hydrogens is 410 g/mol. The molecule has 0 spiro atoms. The Hall–Kier alpha value is -2.17. The first kappa shape index (κ1) is 24.0. The van der Waals surface area contributed by atoms with Crippen LogP contribution in [-0.4, -0.2) is 23.2 Å². The zero-order valence-corrected chi connectivity index (χ0v) is 21.2. The van der Waals surface area contributed by atoms with Gasteiger partial charge in [0.2, 0.25) is 0 Å². The fourth-order valence-electron chi connectivity index (χ4n) is 5.78. The van der Waals surface area contributed by atoms with Crippen molar-refractivity contribution in [1.82, 2.24) is 5.06 Å². The standard InChI is InChI=1S/C29H39NO3/c1-27(2,3)21-17-18-24(32-26(31)20-13-9-8-10-14-20)25(19-21)33-30-28(4,5)22-15-11-12-16-23(22)29(30,6)7/h8-16,21,24-25H,17-19H2,1-7H3/t21-,24+,25-/m0/s1. The van der Waals surface area contributed by atoms with Crippen molar-refractivity contribution >= 4 is 5.97 Å². The normalized spacial score (nSPS) is 26.6. The number of benzene rings is 2. The maximum absolute atomic E-state index is 12.9. The van der Waals surface area contributed by atoms with E-state index in [-0.39, 0.29) is 34.7 Å². The highest BCUT2D eigenvalue weighted by Gasteiger charge is 2.52. The van der Waals surface area contributed by atoms with Crippen molar-refractivity contribution in [3.8, 4) is 0 Å². The van der Waals surface area contributed by atoms with Crippen molar-refractivity contribution < 1.29 is 14.4 Å². The number of carbonyl (C=O) groups is 1. The van der Waals surface area contributed by atoms with Crippen LogP contribution in [0.25, 0.3) is 0 Å². The zero-order chi connectivity index (χ0) is 24.0. The van der Waals surface area contributed by atoms with Crippen LogP contribution in [0.3, 0.4) is 0 Å². The maximum Gasteiger partial charge on any atom is 0.338 e. The molecule has 3 atom stereocenters. The molecule has 2 aromatic carbocycles. The Morgan fingerprint density at radius 2 is 1.39 bits per heavy atom. The van der Waals surface area contributed by atoms with E-state index in [0.717, 1.165) is 19.3 Å². The van der Waals surface area contributed by atoms with Gasteiger partial charge in [-0.15, -0.1) is 0 Å². The van der Waals surface area contributed by atoms with Crippen LogP contribution in [0.15, 0.2) is 54.6 Å². The summed E-state index contributed by atoms with van der Waals surface area (Å²) in [5.74, 6) is 0.233. The Kier molecular flexibility index (Phi) is 6.22. The van der Waals surface area contributed by atoms with Gasteiger partial charge < -0.3 is 4.74 Å². The van der Waals surface area contributed by atoms with E-state index in [9.17, 15) is 4.79 Å². The van der Waals surface area contributed by atoms with Crippen LogP contribution in [0.1, 0.15) is 89.2 Å². The van der Waals surface area contributed by atoms with Crippen LogP contribution in [0.2, 0.25) is 0 Å². The van der Waals surface area contributed by atoms with Gasteiger partial charge >= 0.3 is 5.97 Å². The van der Waals surface area contributed by atoms with Crippen molar-refractivity contribution in [2.45, 2.75) is 91.0 Å². The first-order valence-corrected chi connectivity index (χ1v) is 12.3. The molecule has 1 saturated carbocycles. The minimum absolute atomic E-state index is 0.176. The molecule has 1 fully saturated rings. The summed E-state index contributed by atoms with van der Waals surface area (Å²) in [4.78, 5) is 19.8. The number of carbonyl (C=O) groups excluding carboxylic acids is 1. The maximum atomic E-state index is 12.9. The van der Waals surface area contributed by atoms with E-state index in [1.165, 1.54) is 11.1 Å². The van der Waals surface area contributed by atoms with Gasteiger partial charge in [0.1, 0.15) is 12.2 Å². The first-order chi connectivity index (χ1) is 15.4. The number of fused-ring (bicyclic) bond motifs is 1. The molecule has 1 aliphatic carbocycles. The highest BCUT2D eigenvalue weighted by Crippen LogP contribution is 2.51. The zero-order valence-electron chi connectivity index (χ0n) is 21.2. The third-order valence-electron chi connectivity index (χ3n) is 7.73. The molecule has 0 amide bonds. The molecule has 1 heterocycles. The number of hydrogen-bond acceptors (Lipinski definition) is 4. The SMILES string of the molecule is CC(C)(C)[C@H]1CC[C@@H](OC(=O)c2ccccc2)[C@@H](ON2C(C)(C)c3ccccc3C2(C)C)C1. The fraction of sp³-hybridized carbons (Fsp3) is 0.552. The molecule has 33 heavy (non-hydrogen) atoms. The minimum atomic E-state index is -0.289. The van der Waals surface area contributed by atoms with Gasteiger partial charge in [0.05, 0.1) is 16.6 Å². The van der Waals surface area contributed by atoms with E-state index in [1.807, 2.05) is 30.3 Å². The second-order valence-corrected chi connectivity index (χ2v) is 11.8. The largest absolute Gasteiger partial charge is 0.456 e. The summed E-state index contributed by atoms with van der Waals surface area (Å²) in [6.45, 7) is 15.8. The van der Waals surface area contributed by atoms with Gasteiger partial charge in [-0.25, -0.2) is 4.79 Å². The lowest BCUT2D eigenvalue weighted by atomic mass is 9.71. The van der Waals surface area contributed by atoms with Crippen LogP contribution < -0.4 is 0 Å². The minimum Gasteiger partial charge on any atom is -0.456 e. The average molecular weight is 450 g/mol. The van der Waals surface area contributed by atoms with Crippen molar-refractivity contribution in [3.63, 3.8) is 0 Å². The fourth-order valence-corrected chi connectivity index (χ4v) is 5.78. The van der Waals surface area contributed by atoms with Gasteiger partial charge in [0.25, 0.3) is 0 Å². The summed E-state index contributed by atoms with van der Waals surface area (Å²) >= 11 is 0. The molecule has 1 aliphatic heterocycles. The molecule has 0 unspecified atom stereocenters. The van der Waals surface area contributed by atoms with Crippen LogP contribution >= 0.6 is 0 Å². The lowest BCUT2D eigenvalue weighted by Gasteiger charge is -2.46. The summed E-state index contributed by atoms with van der Waals surface area (Å²) in [6, 6.07) is 17.9. The number of esters is 1. The highest BCUT2D eigenvalue weighted by molar-refractivity contribution is 5.89. The Morgan fingerprint density at radius 3 is 1.94 bits per heavy atom. The molecule has 0 bridgehead atoms. The lowest BCUT2D eigenvalue weighted by Crippen LogP contribution is -2.52. The Labute approximate surface area is 199 Å². The number of hydrogen-bond donors (Lipinski definition) is 0. The molecule has 0 radical (unpaired) electrons. The Balaban J connectivity index is 1.62. The van der Waals surface area contributed by atoms with Crippen molar-refractivity contribution in [2.75, 3.05) is 0 Å². The number of ether oxygens (including phenoxy) is 1. The molecule has 2 aromatic rings. The molecule has 2 aliphatic rings. The summed E-state index contributed by atoms with van der Waals surface area (Å²) in [5.41, 5.74) is 2.76. The number of hydroxylamine groups is 2. The van der Waals surface area contributed by atoms with Crippen LogP contribution in [0, 0.1) is 11.3 Å². The van der Waals surface area contributed by atoms with E-state index in [1.54, 1.807) is 0 Å². The molecule has 4 heteroatoms. The molecule has 4 nitrogen and oxygen atoms in total. The third kappa shape index (κ3) is 4.48. The average Bonchev–Trinajstić information content (AvgIpc) is 2.92. The van der Waals surface area contributed by atoms with Gasteiger partial charge in [-0.1, -0.05) is 63.2 Å². The molecule has 0 aromatic heterocycles.